The predicted octanol–water partition coefficient (Wildman–Crippen LogP) is 4.13. The molecule has 1 aliphatic rings. The van der Waals surface area contributed by atoms with Crippen molar-refractivity contribution in [1.29, 1.82) is 0 Å². The van der Waals surface area contributed by atoms with E-state index in [1.54, 1.807) is 4.90 Å². The molecule has 0 spiro atoms. The molecule has 5 nitrogen and oxygen atoms in total. The van der Waals surface area contributed by atoms with Gasteiger partial charge in [0.2, 0.25) is 5.91 Å². The number of hydrogen-bond acceptors (Lipinski definition) is 4. The number of alkyl halides is 3. The van der Waals surface area contributed by atoms with Gasteiger partial charge in [0.05, 0.1) is 11.5 Å². The first-order valence-corrected chi connectivity index (χ1v) is 10.6. The van der Waals surface area contributed by atoms with Gasteiger partial charge < -0.3 is 15.1 Å². The van der Waals surface area contributed by atoms with Crippen LogP contribution in [0.15, 0.2) is 42.6 Å². The predicted molar refractivity (Wildman–Crippen MR) is 116 cm³/mol. The van der Waals surface area contributed by atoms with Crippen molar-refractivity contribution in [3.63, 3.8) is 0 Å². The van der Waals surface area contributed by atoms with Gasteiger partial charge in [-0.25, -0.2) is 4.98 Å². The third-order valence-corrected chi connectivity index (χ3v) is 5.58. The molecule has 2 heterocycles. The quantitative estimate of drug-likeness (QED) is 0.666. The summed E-state index contributed by atoms with van der Waals surface area (Å²) in [6, 6.07) is 10.6. The average Bonchev–Trinajstić information content (AvgIpc) is 2.76. The van der Waals surface area contributed by atoms with E-state index in [9.17, 15) is 18.0 Å². The molecule has 1 unspecified atom stereocenters. The van der Waals surface area contributed by atoms with Gasteiger partial charge in [-0.2, -0.15) is 13.2 Å². The number of nitrogens with zero attached hydrogens (tertiary/aromatic N) is 3. The smallest absolute Gasteiger partial charge is 0.378 e. The zero-order chi connectivity index (χ0) is 22.4. The van der Waals surface area contributed by atoms with Crippen molar-refractivity contribution in [3.05, 3.63) is 53.7 Å². The fraction of sp³-hybridized carbons (Fsp3) is 0.478. The van der Waals surface area contributed by atoms with E-state index in [-0.39, 0.29) is 24.2 Å². The molecule has 1 amide bonds. The van der Waals surface area contributed by atoms with Crippen molar-refractivity contribution < 1.29 is 18.0 Å². The maximum atomic E-state index is 13.3. The molecule has 1 N–H and O–H groups in total. The summed E-state index contributed by atoms with van der Waals surface area (Å²) < 4.78 is 40.0. The van der Waals surface area contributed by atoms with Crippen molar-refractivity contribution in [1.82, 2.24) is 10.3 Å². The molecule has 1 fully saturated rings. The Morgan fingerprint density at radius 1 is 1.23 bits per heavy atom. The molecular weight excluding hydrogens is 405 g/mol. The first-order valence-electron chi connectivity index (χ1n) is 10.6. The van der Waals surface area contributed by atoms with Crippen LogP contribution in [-0.4, -0.2) is 44.6 Å². The molecule has 1 aromatic carbocycles. The third-order valence-electron chi connectivity index (χ3n) is 5.58. The molecule has 0 radical (unpaired) electrons. The van der Waals surface area contributed by atoms with Crippen molar-refractivity contribution >= 4 is 17.4 Å². The molecule has 1 saturated heterocycles. The Morgan fingerprint density at radius 3 is 2.65 bits per heavy atom. The second-order valence-electron chi connectivity index (χ2n) is 8.11. The summed E-state index contributed by atoms with van der Waals surface area (Å²) in [5.74, 6) is -0.526. The number of rotatable bonds is 7. The van der Waals surface area contributed by atoms with Crippen LogP contribution in [0, 0.1) is 5.92 Å². The lowest BCUT2D eigenvalue weighted by atomic mass is 9.96. The van der Waals surface area contributed by atoms with Crippen LogP contribution in [0.25, 0.3) is 0 Å². The summed E-state index contributed by atoms with van der Waals surface area (Å²) in [4.78, 5) is 20.2. The summed E-state index contributed by atoms with van der Waals surface area (Å²) in [6.07, 6.45) is -0.120. The number of carbonyl (C=O) groups is 1. The number of aryl methyl sites for hydroxylation is 1. The van der Waals surface area contributed by atoms with Crippen molar-refractivity contribution in [3.8, 4) is 0 Å². The van der Waals surface area contributed by atoms with Crippen LogP contribution in [0.3, 0.4) is 0 Å². The Balaban J connectivity index is 1.50. The molecule has 0 saturated carbocycles. The van der Waals surface area contributed by atoms with Gasteiger partial charge in [0.15, 0.2) is 0 Å². The molecule has 3 rings (SSSR count). The standard InChI is InChI=1S/C23H29F3N4O/c1-29(2)19-11-9-17(10-12-19)6-3-14-28-22(31)18-7-5-15-30(16-18)21-20(23(24,25)26)8-4-13-27-21/h4,8-13,18H,3,5-7,14-16H2,1-2H3,(H,28,31). The molecule has 0 aliphatic carbocycles. The van der Waals surface area contributed by atoms with Gasteiger partial charge >= 0.3 is 6.18 Å². The number of benzene rings is 1. The van der Waals surface area contributed by atoms with Crippen molar-refractivity contribution in [2.45, 2.75) is 31.9 Å². The Kier molecular flexibility index (Phi) is 7.41. The first kappa shape index (κ1) is 22.9. The normalized spacial score (nSPS) is 16.8. The highest BCUT2D eigenvalue weighted by atomic mass is 19.4. The number of amides is 1. The lowest BCUT2D eigenvalue weighted by molar-refractivity contribution is -0.137. The maximum absolute atomic E-state index is 13.3. The number of pyridine rings is 1. The van der Waals surface area contributed by atoms with E-state index in [1.807, 2.05) is 19.0 Å². The van der Waals surface area contributed by atoms with Crippen LogP contribution in [0.5, 0.6) is 0 Å². The highest BCUT2D eigenvalue weighted by Gasteiger charge is 2.37. The summed E-state index contributed by atoms with van der Waals surface area (Å²) in [5, 5.41) is 2.95. The van der Waals surface area contributed by atoms with E-state index in [2.05, 4.69) is 34.6 Å². The van der Waals surface area contributed by atoms with Crippen LogP contribution in [-0.2, 0) is 17.4 Å². The van der Waals surface area contributed by atoms with Crippen molar-refractivity contribution in [2.24, 2.45) is 5.92 Å². The van der Waals surface area contributed by atoms with Crippen LogP contribution < -0.4 is 15.1 Å². The monoisotopic (exact) mass is 434 g/mol. The molecule has 2 aromatic rings. The van der Waals surface area contributed by atoms with Gasteiger partial charge in [-0.15, -0.1) is 0 Å². The lowest BCUT2D eigenvalue weighted by Crippen LogP contribution is -2.44. The average molecular weight is 435 g/mol. The zero-order valence-electron chi connectivity index (χ0n) is 18.0. The van der Waals surface area contributed by atoms with Gasteiger partial charge in [-0.1, -0.05) is 12.1 Å². The molecule has 31 heavy (non-hydrogen) atoms. The number of halogens is 3. The second kappa shape index (κ2) is 10.0. The summed E-state index contributed by atoms with van der Waals surface area (Å²) >= 11 is 0. The minimum atomic E-state index is -4.47. The van der Waals surface area contributed by atoms with Crippen LogP contribution in [0.2, 0.25) is 0 Å². The van der Waals surface area contributed by atoms with Crippen LogP contribution in [0.1, 0.15) is 30.4 Å². The lowest BCUT2D eigenvalue weighted by Gasteiger charge is -2.34. The topological polar surface area (TPSA) is 48.5 Å². The second-order valence-corrected chi connectivity index (χ2v) is 8.11. The van der Waals surface area contributed by atoms with Gasteiger partial charge in [0.25, 0.3) is 0 Å². The fourth-order valence-corrected chi connectivity index (χ4v) is 3.86. The van der Waals surface area contributed by atoms with Gasteiger partial charge in [-0.05, 0) is 55.5 Å². The number of anilines is 2. The van der Waals surface area contributed by atoms with Crippen LogP contribution in [0.4, 0.5) is 24.7 Å². The van der Waals surface area contributed by atoms with Crippen LogP contribution >= 0.6 is 0 Å². The Hall–Kier alpha value is -2.77. The third kappa shape index (κ3) is 6.12. The zero-order valence-corrected chi connectivity index (χ0v) is 18.0. The summed E-state index contributed by atoms with van der Waals surface area (Å²) in [7, 11) is 3.99. The number of carbonyl (C=O) groups excluding carboxylic acids is 1. The molecule has 168 valence electrons. The molecule has 8 heteroatoms. The number of nitrogens with one attached hydrogen (secondary N) is 1. The Labute approximate surface area is 181 Å². The largest absolute Gasteiger partial charge is 0.419 e. The minimum absolute atomic E-state index is 0.0892. The Bertz CT molecular complexity index is 868. The van der Waals surface area contributed by atoms with Gasteiger partial charge in [-0.3, -0.25) is 4.79 Å². The highest BCUT2D eigenvalue weighted by Crippen LogP contribution is 2.36. The van der Waals surface area contributed by atoms with Gasteiger partial charge in [0, 0.05) is 45.6 Å². The van der Waals surface area contributed by atoms with E-state index >= 15 is 0 Å². The molecule has 1 atom stereocenters. The fourth-order valence-electron chi connectivity index (χ4n) is 3.86. The minimum Gasteiger partial charge on any atom is -0.378 e. The Morgan fingerprint density at radius 2 is 1.97 bits per heavy atom. The number of hydrogen-bond donors (Lipinski definition) is 1. The number of aromatic nitrogens is 1. The van der Waals surface area contributed by atoms with E-state index in [0.29, 0.717) is 25.9 Å². The first-order chi connectivity index (χ1) is 14.8. The molecule has 0 bridgehead atoms. The number of piperidine rings is 1. The van der Waals surface area contributed by atoms with Gasteiger partial charge in [0.1, 0.15) is 5.82 Å². The van der Waals surface area contributed by atoms with E-state index in [4.69, 9.17) is 0 Å². The van der Waals surface area contributed by atoms with E-state index in [0.717, 1.165) is 24.6 Å². The van der Waals surface area contributed by atoms with Crippen molar-refractivity contribution in [2.75, 3.05) is 43.5 Å². The molecule has 1 aliphatic heterocycles. The van der Waals surface area contributed by atoms with E-state index in [1.165, 1.54) is 17.8 Å². The van der Waals surface area contributed by atoms with E-state index < -0.39 is 11.7 Å². The maximum Gasteiger partial charge on any atom is 0.419 e. The summed E-state index contributed by atoms with van der Waals surface area (Å²) in [5.41, 5.74) is 1.59. The molecular formula is C23H29F3N4O. The highest BCUT2D eigenvalue weighted by molar-refractivity contribution is 5.79. The summed E-state index contributed by atoms with van der Waals surface area (Å²) in [6.45, 7) is 1.26. The molecule has 1 aromatic heterocycles. The SMILES string of the molecule is CN(C)c1ccc(CCCNC(=O)C2CCCN(c3ncccc3C(F)(F)F)C2)cc1.